The zero-order chi connectivity index (χ0) is 13.7. The molecule has 19 heavy (non-hydrogen) atoms. The predicted octanol–water partition coefficient (Wildman–Crippen LogP) is 1.17. The molecule has 0 aliphatic carbocycles. The fourth-order valence-corrected chi connectivity index (χ4v) is 3.30. The second kappa shape index (κ2) is 7.02. The van der Waals surface area contributed by atoms with Crippen LogP contribution in [-0.4, -0.2) is 74.9 Å². The number of hydrogen-bond donors (Lipinski definition) is 1. The van der Waals surface area contributed by atoms with Gasteiger partial charge in [-0.15, -0.1) is 0 Å². The number of nitrogens with zero attached hydrogens (tertiary/aromatic N) is 2. The molecule has 112 valence electrons. The lowest BCUT2D eigenvalue weighted by molar-refractivity contribution is 0.0370. The van der Waals surface area contributed by atoms with Crippen LogP contribution in [0.25, 0.3) is 0 Å². The summed E-state index contributed by atoms with van der Waals surface area (Å²) in [5.74, 6) is 0. The summed E-state index contributed by atoms with van der Waals surface area (Å²) in [5, 5.41) is 3.76. The van der Waals surface area contributed by atoms with E-state index in [9.17, 15) is 0 Å². The van der Waals surface area contributed by atoms with Crippen LogP contribution in [0.2, 0.25) is 0 Å². The molecule has 2 aliphatic rings. The van der Waals surface area contributed by atoms with E-state index in [2.05, 4.69) is 36.1 Å². The highest BCUT2D eigenvalue weighted by atomic mass is 16.5. The molecule has 2 saturated heterocycles. The molecule has 0 aromatic carbocycles. The Balaban J connectivity index is 1.85. The number of hydrogen-bond acceptors (Lipinski definition) is 4. The normalized spacial score (nSPS) is 28.7. The smallest absolute Gasteiger partial charge is 0.0619 e. The van der Waals surface area contributed by atoms with Crippen molar-refractivity contribution < 1.29 is 4.74 Å². The highest BCUT2D eigenvalue weighted by molar-refractivity contribution is 4.95. The molecule has 2 aliphatic heterocycles. The zero-order valence-corrected chi connectivity index (χ0v) is 13.0. The maximum Gasteiger partial charge on any atom is 0.0619 e. The van der Waals surface area contributed by atoms with Crippen LogP contribution in [-0.2, 0) is 4.74 Å². The summed E-state index contributed by atoms with van der Waals surface area (Å²) in [5.41, 5.74) is 0.336. The average Bonchev–Trinajstić information content (AvgIpc) is 2.46. The molecular formula is C15H31N3O. The third-order valence-corrected chi connectivity index (χ3v) is 5.06. The monoisotopic (exact) mass is 269 g/mol. The van der Waals surface area contributed by atoms with Gasteiger partial charge in [0, 0.05) is 24.7 Å². The number of rotatable bonds is 5. The molecule has 4 heteroatoms. The minimum Gasteiger partial charge on any atom is -0.380 e. The lowest BCUT2D eigenvalue weighted by Crippen LogP contribution is -2.59. The van der Waals surface area contributed by atoms with Gasteiger partial charge in [-0.3, -0.25) is 0 Å². The van der Waals surface area contributed by atoms with Gasteiger partial charge in [-0.1, -0.05) is 6.92 Å². The van der Waals surface area contributed by atoms with Crippen molar-refractivity contribution in [1.29, 1.82) is 0 Å². The molecular weight excluding hydrogens is 238 g/mol. The molecule has 2 fully saturated rings. The fourth-order valence-electron chi connectivity index (χ4n) is 3.30. The number of ether oxygens (including phenoxy) is 1. The van der Waals surface area contributed by atoms with Crippen molar-refractivity contribution in [3.8, 4) is 0 Å². The van der Waals surface area contributed by atoms with Gasteiger partial charge in [-0.2, -0.15) is 0 Å². The van der Waals surface area contributed by atoms with E-state index in [4.69, 9.17) is 4.74 Å². The molecule has 1 atom stereocenters. The summed E-state index contributed by atoms with van der Waals surface area (Å²) in [6.07, 6.45) is 5.02. The Kier molecular flexibility index (Phi) is 5.63. The highest BCUT2D eigenvalue weighted by Crippen LogP contribution is 2.26. The van der Waals surface area contributed by atoms with Gasteiger partial charge in [0.1, 0.15) is 0 Å². The number of likely N-dealkylation sites (tertiary alicyclic amines) is 1. The summed E-state index contributed by atoms with van der Waals surface area (Å²) >= 11 is 0. The number of piperidine rings is 1. The molecule has 1 unspecified atom stereocenters. The minimum atomic E-state index is 0.336. The van der Waals surface area contributed by atoms with E-state index in [0.29, 0.717) is 11.6 Å². The molecule has 0 aromatic rings. The maximum atomic E-state index is 5.57. The molecule has 2 rings (SSSR count). The van der Waals surface area contributed by atoms with Gasteiger partial charge in [-0.05, 0) is 59.4 Å². The topological polar surface area (TPSA) is 27.7 Å². The fraction of sp³-hybridized carbons (Fsp3) is 1.00. The first-order valence-corrected chi connectivity index (χ1v) is 7.87. The Morgan fingerprint density at radius 1 is 1.32 bits per heavy atom. The van der Waals surface area contributed by atoms with Crippen LogP contribution in [0.5, 0.6) is 0 Å². The van der Waals surface area contributed by atoms with Crippen LogP contribution in [0.15, 0.2) is 0 Å². The molecule has 0 radical (unpaired) electrons. The standard InChI is InChI=1S/C15H31N3O/c1-4-18-9-7-15(8-10-18,17(2)3)13-16-14-6-5-11-19-12-14/h14,16H,4-13H2,1-3H3. The minimum absolute atomic E-state index is 0.336. The van der Waals surface area contributed by atoms with Crippen LogP contribution in [0.4, 0.5) is 0 Å². The second-order valence-corrected chi connectivity index (χ2v) is 6.35. The van der Waals surface area contributed by atoms with Crippen LogP contribution < -0.4 is 5.32 Å². The molecule has 0 amide bonds. The first-order chi connectivity index (χ1) is 9.16. The summed E-state index contributed by atoms with van der Waals surface area (Å²) in [6, 6.07) is 0.565. The Morgan fingerprint density at radius 3 is 2.58 bits per heavy atom. The van der Waals surface area contributed by atoms with Gasteiger partial charge >= 0.3 is 0 Å². The number of likely N-dealkylation sites (N-methyl/N-ethyl adjacent to an activating group) is 1. The van der Waals surface area contributed by atoms with E-state index < -0.39 is 0 Å². The summed E-state index contributed by atoms with van der Waals surface area (Å²) in [7, 11) is 4.47. The van der Waals surface area contributed by atoms with Crippen LogP contribution in [0, 0.1) is 0 Å². The summed E-state index contributed by atoms with van der Waals surface area (Å²) in [6.45, 7) is 8.86. The molecule has 0 bridgehead atoms. The molecule has 0 aromatic heterocycles. The highest BCUT2D eigenvalue weighted by Gasteiger charge is 2.36. The van der Waals surface area contributed by atoms with Gasteiger partial charge in [0.15, 0.2) is 0 Å². The first kappa shape index (κ1) is 15.2. The van der Waals surface area contributed by atoms with Gasteiger partial charge in [0.05, 0.1) is 6.61 Å². The summed E-state index contributed by atoms with van der Waals surface area (Å²) < 4.78 is 5.57. The van der Waals surface area contributed by atoms with Gasteiger partial charge in [-0.25, -0.2) is 0 Å². The van der Waals surface area contributed by atoms with Gasteiger partial charge < -0.3 is 19.9 Å². The largest absolute Gasteiger partial charge is 0.380 e. The van der Waals surface area contributed by atoms with Crippen LogP contribution in [0.3, 0.4) is 0 Å². The van der Waals surface area contributed by atoms with E-state index in [-0.39, 0.29) is 0 Å². The van der Waals surface area contributed by atoms with E-state index in [0.717, 1.165) is 19.8 Å². The summed E-state index contributed by atoms with van der Waals surface area (Å²) in [4.78, 5) is 5.00. The van der Waals surface area contributed by atoms with E-state index in [1.54, 1.807) is 0 Å². The Morgan fingerprint density at radius 2 is 2.05 bits per heavy atom. The van der Waals surface area contributed by atoms with Crippen molar-refractivity contribution in [3.05, 3.63) is 0 Å². The zero-order valence-electron chi connectivity index (χ0n) is 13.0. The lowest BCUT2D eigenvalue weighted by atomic mass is 9.85. The SMILES string of the molecule is CCN1CCC(CNC2CCCOC2)(N(C)C)CC1. The molecule has 0 spiro atoms. The van der Waals surface area contributed by atoms with Crippen molar-refractivity contribution in [2.45, 2.75) is 44.2 Å². The average molecular weight is 269 g/mol. The number of nitrogens with one attached hydrogen (secondary N) is 1. The Labute approximate surface area is 118 Å². The van der Waals surface area contributed by atoms with Crippen molar-refractivity contribution in [3.63, 3.8) is 0 Å². The van der Waals surface area contributed by atoms with E-state index >= 15 is 0 Å². The van der Waals surface area contributed by atoms with E-state index in [1.807, 2.05) is 0 Å². The van der Waals surface area contributed by atoms with Crippen molar-refractivity contribution in [2.75, 3.05) is 53.5 Å². The van der Waals surface area contributed by atoms with Gasteiger partial charge in [0.25, 0.3) is 0 Å². The predicted molar refractivity (Wildman–Crippen MR) is 79.6 cm³/mol. The van der Waals surface area contributed by atoms with Crippen molar-refractivity contribution >= 4 is 0 Å². The third-order valence-electron chi connectivity index (χ3n) is 5.06. The maximum absolute atomic E-state index is 5.57. The molecule has 2 heterocycles. The lowest BCUT2D eigenvalue weighted by Gasteiger charge is -2.47. The third kappa shape index (κ3) is 3.91. The Hall–Kier alpha value is -0.160. The second-order valence-electron chi connectivity index (χ2n) is 6.35. The van der Waals surface area contributed by atoms with Crippen molar-refractivity contribution in [2.24, 2.45) is 0 Å². The van der Waals surface area contributed by atoms with Crippen molar-refractivity contribution in [1.82, 2.24) is 15.1 Å². The molecule has 1 N–H and O–H groups in total. The Bertz CT molecular complexity index is 256. The van der Waals surface area contributed by atoms with E-state index in [1.165, 1.54) is 45.3 Å². The van der Waals surface area contributed by atoms with Gasteiger partial charge in [0.2, 0.25) is 0 Å². The molecule has 4 nitrogen and oxygen atoms in total. The van der Waals surface area contributed by atoms with Crippen LogP contribution >= 0.6 is 0 Å². The quantitative estimate of drug-likeness (QED) is 0.811. The van der Waals surface area contributed by atoms with Crippen LogP contribution in [0.1, 0.15) is 32.6 Å². The molecule has 0 saturated carbocycles. The first-order valence-electron chi connectivity index (χ1n) is 7.87.